The second-order valence-corrected chi connectivity index (χ2v) is 3.67. The molecular formula is C10H20N2O. The number of hydrogen-bond donors (Lipinski definition) is 1. The molecule has 1 aliphatic heterocycles. The third kappa shape index (κ3) is 3.35. The maximum atomic E-state index is 7.63. The van der Waals surface area contributed by atoms with Crippen molar-refractivity contribution in [2.24, 2.45) is 0 Å². The van der Waals surface area contributed by atoms with Crippen LogP contribution in [0.25, 0.3) is 0 Å². The fourth-order valence-corrected chi connectivity index (χ4v) is 1.64. The summed E-state index contributed by atoms with van der Waals surface area (Å²) in [6, 6.07) is 0. The van der Waals surface area contributed by atoms with Crippen molar-refractivity contribution < 1.29 is 4.74 Å². The van der Waals surface area contributed by atoms with Gasteiger partial charge in [-0.25, -0.2) is 0 Å². The summed E-state index contributed by atoms with van der Waals surface area (Å²) in [5, 5.41) is 7.63. The van der Waals surface area contributed by atoms with Gasteiger partial charge in [0.05, 0.1) is 11.9 Å². The molecule has 13 heavy (non-hydrogen) atoms. The lowest BCUT2D eigenvalue weighted by Gasteiger charge is -2.28. The molecule has 0 aromatic rings. The third-order valence-electron chi connectivity index (χ3n) is 2.55. The van der Waals surface area contributed by atoms with E-state index < -0.39 is 0 Å². The van der Waals surface area contributed by atoms with Crippen LogP contribution in [0.3, 0.4) is 0 Å². The second kappa shape index (κ2) is 5.22. The van der Waals surface area contributed by atoms with E-state index in [9.17, 15) is 0 Å². The Morgan fingerprint density at radius 3 is 2.85 bits per heavy atom. The van der Waals surface area contributed by atoms with Gasteiger partial charge in [-0.1, -0.05) is 6.92 Å². The predicted octanol–water partition coefficient (Wildman–Crippen LogP) is 1.87. The quantitative estimate of drug-likeness (QED) is 0.537. The number of ether oxygens (including phenoxy) is 1. The topological polar surface area (TPSA) is 36.3 Å². The number of nitrogens with one attached hydrogen (secondary N) is 1. The molecule has 0 bridgehead atoms. The Morgan fingerprint density at radius 1 is 1.54 bits per heavy atom. The van der Waals surface area contributed by atoms with Gasteiger partial charge in [-0.05, 0) is 19.3 Å². The van der Waals surface area contributed by atoms with Gasteiger partial charge in [-0.15, -0.1) is 0 Å². The molecule has 0 amide bonds. The van der Waals surface area contributed by atoms with Gasteiger partial charge in [-0.3, -0.25) is 5.41 Å². The molecule has 3 nitrogen and oxygen atoms in total. The zero-order chi connectivity index (χ0) is 9.68. The van der Waals surface area contributed by atoms with Crippen LogP contribution in [-0.2, 0) is 4.74 Å². The van der Waals surface area contributed by atoms with Crippen molar-refractivity contribution in [3.05, 3.63) is 0 Å². The Hall–Kier alpha value is -0.570. The second-order valence-electron chi connectivity index (χ2n) is 3.67. The van der Waals surface area contributed by atoms with Crippen LogP contribution in [0.1, 0.15) is 32.6 Å². The van der Waals surface area contributed by atoms with Crippen LogP contribution < -0.4 is 0 Å². The van der Waals surface area contributed by atoms with E-state index in [1.165, 1.54) is 12.8 Å². The zero-order valence-electron chi connectivity index (χ0n) is 8.68. The van der Waals surface area contributed by atoms with Gasteiger partial charge in [0.2, 0.25) is 0 Å². The molecule has 1 unspecified atom stereocenters. The van der Waals surface area contributed by atoms with Gasteiger partial charge in [0, 0.05) is 26.6 Å². The number of likely N-dealkylation sites (N-methyl/N-ethyl adjacent to an activating group) is 1. The van der Waals surface area contributed by atoms with E-state index in [1.807, 2.05) is 18.9 Å². The predicted molar refractivity (Wildman–Crippen MR) is 54.2 cm³/mol. The van der Waals surface area contributed by atoms with Crippen LogP contribution in [0, 0.1) is 5.41 Å². The van der Waals surface area contributed by atoms with Crippen LogP contribution in [0.15, 0.2) is 0 Å². The van der Waals surface area contributed by atoms with Crippen LogP contribution in [-0.4, -0.2) is 37.0 Å². The summed E-state index contributed by atoms with van der Waals surface area (Å²) in [4.78, 5) is 2.00. The first-order valence-corrected chi connectivity index (χ1v) is 5.14. The van der Waals surface area contributed by atoms with E-state index in [0.29, 0.717) is 11.9 Å². The molecule has 0 spiro atoms. The van der Waals surface area contributed by atoms with Crippen molar-refractivity contribution in [2.45, 2.75) is 38.7 Å². The lowest BCUT2D eigenvalue weighted by atomic mass is 10.1. The summed E-state index contributed by atoms with van der Waals surface area (Å²) < 4.78 is 5.60. The minimum absolute atomic E-state index is 0.352. The molecular weight excluding hydrogens is 164 g/mol. The van der Waals surface area contributed by atoms with Gasteiger partial charge in [0.15, 0.2) is 0 Å². The van der Waals surface area contributed by atoms with Crippen molar-refractivity contribution in [1.82, 2.24) is 4.90 Å². The molecule has 0 aromatic carbocycles. The fourth-order valence-electron chi connectivity index (χ4n) is 1.64. The van der Waals surface area contributed by atoms with Crippen molar-refractivity contribution in [3.8, 4) is 0 Å². The Morgan fingerprint density at radius 2 is 2.31 bits per heavy atom. The maximum absolute atomic E-state index is 7.63. The summed E-state index contributed by atoms with van der Waals surface area (Å²) in [6.45, 7) is 3.80. The average molecular weight is 184 g/mol. The molecule has 1 rings (SSSR count). The van der Waals surface area contributed by atoms with E-state index in [0.717, 1.165) is 26.0 Å². The smallest absolute Gasteiger partial charge is 0.0953 e. The van der Waals surface area contributed by atoms with Crippen LogP contribution >= 0.6 is 0 Å². The summed E-state index contributed by atoms with van der Waals surface area (Å²) in [5.74, 6) is 0.703. The van der Waals surface area contributed by atoms with Gasteiger partial charge in [-0.2, -0.15) is 0 Å². The molecule has 3 heteroatoms. The van der Waals surface area contributed by atoms with Crippen molar-refractivity contribution in [2.75, 3.05) is 20.2 Å². The Labute approximate surface area is 80.6 Å². The molecule has 1 saturated heterocycles. The van der Waals surface area contributed by atoms with Crippen molar-refractivity contribution >= 4 is 5.84 Å². The maximum Gasteiger partial charge on any atom is 0.0953 e. The highest BCUT2D eigenvalue weighted by atomic mass is 16.5. The summed E-state index contributed by atoms with van der Waals surface area (Å²) in [7, 11) is 1.98. The third-order valence-corrected chi connectivity index (χ3v) is 2.55. The van der Waals surface area contributed by atoms with Gasteiger partial charge >= 0.3 is 0 Å². The number of nitrogens with zero attached hydrogens (tertiary/aromatic N) is 1. The highest BCUT2D eigenvalue weighted by Gasteiger charge is 2.16. The molecule has 0 saturated carbocycles. The van der Waals surface area contributed by atoms with Crippen LogP contribution in [0.5, 0.6) is 0 Å². The summed E-state index contributed by atoms with van der Waals surface area (Å²) in [5.41, 5.74) is 0. The van der Waals surface area contributed by atoms with Crippen molar-refractivity contribution in [3.63, 3.8) is 0 Å². The van der Waals surface area contributed by atoms with E-state index >= 15 is 0 Å². The van der Waals surface area contributed by atoms with Gasteiger partial charge in [0.25, 0.3) is 0 Å². The van der Waals surface area contributed by atoms with E-state index in [1.54, 1.807) is 0 Å². The van der Waals surface area contributed by atoms with Crippen molar-refractivity contribution in [1.29, 1.82) is 5.41 Å². The molecule has 0 radical (unpaired) electrons. The largest absolute Gasteiger partial charge is 0.376 e. The monoisotopic (exact) mass is 184 g/mol. The molecule has 1 N–H and O–H groups in total. The first kappa shape index (κ1) is 10.5. The molecule has 0 aromatic heterocycles. The van der Waals surface area contributed by atoms with Gasteiger partial charge in [0.1, 0.15) is 0 Å². The Bertz CT molecular complexity index is 164. The van der Waals surface area contributed by atoms with E-state index in [4.69, 9.17) is 10.1 Å². The number of rotatable bonds is 3. The summed E-state index contributed by atoms with van der Waals surface area (Å²) in [6.07, 6.45) is 4.79. The van der Waals surface area contributed by atoms with E-state index in [2.05, 4.69) is 0 Å². The van der Waals surface area contributed by atoms with Crippen LogP contribution in [0.2, 0.25) is 0 Å². The molecule has 1 heterocycles. The fraction of sp³-hybridized carbons (Fsp3) is 0.900. The Balaban J connectivity index is 2.25. The van der Waals surface area contributed by atoms with Crippen LogP contribution in [0.4, 0.5) is 0 Å². The SMILES string of the molecule is CCC(=N)N(C)CC1CCCCO1. The van der Waals surface area contributed by atoms with Gasteiger partial charge < -0.3 is 9.64 Å². The number of hydrogen-bond acceptors (Lipinski definition) is 2. The average Bonchev–Trinajstić information content (AvgIpc) is 2.18. The molecule has 1 atom stereocenters. The molecule has 0 aliphatic carbocycles. The lowest BCUT2D eigenvalue weighted by Crippen LogP contribution is -2.36. The molecule has 1 fully saturated rings. The lowest BCUT2D eigenvalue weighted by molar-refractivity contribution is 0.00688. The standard InChI is InChI=1S/C10H20N2O/c1-3-10(11)12(2)8-9-6-4-5-7-13-9/h9,11H,3-8H2,1-2H3. The zero-order valence-corrected chi connectivity index (χ0v) is 8.68. The molecule has 1 aliphatic rings. The minimum Gasteiger partial charge on any atom is -0.376 e. The molecule has 76 valence electrons. The highest BCUT2D eigenvalue weighted by Crippen LogP contribution is 2.13. The Kier molecular flexibility index (Phi) is 4.22. The van der Waals surface area contributed by atoms with E-state index in [-0.39, 0.29) is 0 Å². The highest BCUT2D eigenvalue weighted by molar-refractivity contribution is 5.78. The summed E-state index contributed by atoms with van der Waals surface area (Å²) >= 11 is 0. The first-order valence-electron chi connectivity index (χ1n) is 5.14. The normalized spacial score (nSPS) is 22.8. The first-order chi connectivity index (χ1) is 6.24. The minimum atomic E-state index is 0.352. The number of amidine groups is 1.